The highest BCUT2D eigenvalue weighted by Gasteiger charge is 2.12. The van der Waals surface area contributed by atoms with Crippen LogP contribution in [0.3, 0.4) is 0 Å². The van der Waals surface area contributed by atoms with Gasteiger partial charge in [0.1, 0.15) is 6.04 Å². The fourth-order valence-corrected chi connectivity index (χ4v) is 2.06. The van der Waals surface area contributed by atoms with Crippen LogP contribution in [0.1, 0.15) is 16.7 Å². The number of aliphatic carboxylic acids is 1. The van der Waals surface area contributed by atoms with Crippen LogP contribution in [-0.4, -0.2) is 22.1 Å². The van der Waals surface area contributed by atoms with Gasteiger partial charge in [-0.1, -0.05) is 24.3 Å². The molecule has 0 radical (unpaired) electrons. The number of carboxylic acids is 1. The third-order valence-electron chi connectivity index (χ3n) is 3.48. The lowest BCUT2D eigenvalue weighted by molar-refractivity contribution is -0.138. The summed E-state index contributed by atoms with van der Waals surface area (Å²) in [4.78, 5) is 15.1. The molecule has 0 amide bonds. The van der Waals surface area contributed by atoms with Crippen molar-refractivity contribution in [1.82, 2.24) is 4.98 Å². The van der Waals surface area contributed by atoms with E-state index in [0.29, 0.717) is 6.42 Å². The van der Waals surface area contributed by atoms with Crippen molar-refractivity contribution >= 4 is 5.97 Å². The summed E-state index contributed by atoms with van der Waals surface area (Å²) in [5.41, 5.74) is 10.8. The van der Waals surface area contributed by atoms with Gasteiger partial charge in [0.05, 0.1) is 5.69 Å². The number of rotatable bonds is 4. The molecular weight excluding hydrogens is 252 g/mol. The van der Waals surface area contributed by atoms with E-state index in [9.17, 15) is 4.79 Å². The van der Waals surface area contributed by atoms with Crippen LogP contribution in [0.15, 0.2) is 36.5 Å². The van der Waals surface area contributed by atoms with E-state index in [2.05, 4.69) is 11.9 Å². The first-order chi connectivity index (χ1) is 9.49. The van der Waals surface area contributed by atoms with Gasteiger partial charge in [-0.25, -0.2) is 0 Å². The first-order valence-electron chi connectivity index (χ1n) is 6.49. The predicted octanol–water partition coefficient (Wildman–Crippen LogP) is 2.32. The van der Waals surface area contributed by atoms with Crippen LogP contribution in [-0.2, 0) is 11.2 Å². The van der Waals surface area contributed by atoms with Crippen LogP contribution in [0.4, 0.5) is 0 Å². The van der Waals surface area contributed by atoms with Gasteiger partial charge in [-0.15, -0.1) is 0 Å². The number of pyridine rings is 1. The zero-order valence-corrected chi connectivity index (χ0v) is 11.6. The summed E-state index contributed by atoms with van der Waals surface area (Å²) < 4.78 is 0. The van der Waals surface area contributed by atoms with Crippen LogP contribution in [0.25, 0.3) is 11.3 Å². The van der Waals surface area contributed by atoms with Gasteiger partial charge in [0.25, 0.3) is 0 Å². The average molecular weight is 270 g/mol. The molecule has 104 valence electrons. The van der Waals surface area contributed by atoms with Crippen molar-refractivity contribution in [2.75, 3.05) is 0 Å². The highest BCUT2D eigenvalue weighted by atomic mass is 16.4. The molecule has 1 aromatic heterocycles. The lowest BCUT2D eigenvalue weighted by Gasteiger charge is -2.10. The molecule has 1 aromatic carbocycles. The molecule has 1 unspecified atom stereocenters. The summed E-state index contributed by atoms with van der Waals surface area (Å²) in [6.45, 7) is 4.10. The Labute approximate surface area is 118 Å². The number of aromatic nitrogens is 1. The molecule has 4 heteroatoms. The fourth-order valence-electron chi connectivity index (χ4n) is 2.06. The van der Waals surface area contributed by atoms with Crippen molar-refractivity contribution < 1.29 is 9.90 Å². The van der Waals surface area contributed by atoms with Gasteiger partial charge in [0, 0.05) is 11.8 Å². The van der Waals surface area contributed by atoms with Crippen molar-refractivity contribution in [3.8, 4) is 11.3 Å². The topological polar surface area (TPSA) is 76.2 Å². The molecule has 0 spiro atoms. The fraction of sp³-hybridized carbons (Fsp3) is 0.250. The second kappa shape index (κ2) is 5.84. The summed E-state index contributed by atoms with van der Waals surface area (Å²) in [6.07, 6.45) is 2.13. The Hall–Kier alpha value is -2.20. The molecule has 1 atom stereocenters. The van der Waals surface area contributed by atoms with Crippen molar-refractivity contribution in [3.05, 3.63) is 53.2 Å². The Kier molecular flexibility index (Phi) is 4.15. The van der Waals surface area contributed by atoms with Crippen LogP contribution >= 0.6 is 0 Å². The molecule has 20 heavy (non-hydrogen) atoms. The van der Waals surface area contributed by atoms with Crippen molar-refractivity contribution in [2.24, 2.45) is 5.73 Å². The van der Waals surface area contributed by atoms with Crippen LogP contribution in [0.5, 0.6) is 0 Å². The van der Waals surface area contributed by atoms with Crippen molar-refractivity contribution in [2.45, 2.75) is 26.3 Å². The largest absolute Gasteiger partial charge is 0.480 e. The monoisotopic (exact) mass is 270 g/mol. The van der Waals surface area contributed by atoms with Gasteiger partial charge in [-0.3, -0.25) is 9.78 Å². The highest BCUT2D eigenvalue weighted by molar-refractivity contribution is 5.73. The second-order valence-corrected chi connectivity index (χ2v) is 4.95. The third-order valence-corrected chi connectivity index (χ3v) is 3.48. The minimum absolute atomic E-state index is 0.329. The number of carboxylic acid groups (broad SMARTS) is 1. The summed E-state index contributed by atoms with van der Waals surface area (Å²) >= 11 is 0. The molecule has 0 fully saturated rings. The molecule has 0 saturated carbocycles. The molecule has 0 aliphatic heterocycles. The van der Waals surface area contributed by atoms with Crippen molar-refractivity contribution in [1.29, 1.82) is 0 Å². The van der Waals surface area contributed by atoms with E-state index in [0.717, 1.165) is 22.4 Å². The van der Waals surface area contributed by atoms with Gasteiger partial charge < -0.3 is 10.8 Å². The summed E-state index contributed by atoms with van der Waals surface area (Å²) in [7, 11) is 0. The summed E-state index contributed by atoms with van der Waals surface area (Å²) in [5.74, 6) is -0.981. The molecule has 4 nitrogen and oxygen atoms in total. The van der Waals surface area contributed by atoms with E-state index in [1.54, 1.807) is 6.20 Å². The van der Waals surface area contributed by atoms with Gasteiger partial charge in [0.15, 0.2) is 0 Å². The third kappa shape index (κ3) is 3.03. The maximum atomic E-state index is 10.7. The standard InChI is InChI=1S/C16H18N2O2/c1-10-7-8-18-15(11(10)2)13-5-3-12(4-6-13)9-14(17)16(19)20/h3-8,14H,9,17H2,1-2H3,(H,19,20). The number of nitrogens with two attached hydrogens (primary N) is 1. The van der Waals surface area contributed by atoms with E-state index in [1.807, 2.05) is 37.3 Å². The lowest BCUT2D eigenvalue weighted by atomic mass is 10.00. The number of benzene rings is 1. The highest BCUT2D eigenvalue weighted by Crippen LogP contribution is 2.23. The van der Waals surface area contributed by atoms with Crippen LogP contribution in [0, 0.1) is 13.8 Å². The predicted molar refractivity (Wildman–Crippen MR) is 78.5 cm³/mol. The lowest BCUT2D eigenvalue weighted by Crippen LogP contribution is -2.32. The number of hydrogen-bond acceptors (Lipinski definition) is 3. The van der Waals surface area contributed by atoms with E-state index in [-0.39, 0.29) is 0 Å². The van der Waals surface area contributed by atoms with Gasteiger partial charge in [0.2, 0.25) is 0 Å². The molecule has 0 bridgehead atoms. The number of nitrogens with zero attached hydrogens (tertiary/aromatic N) is 1. The molecule has 2 rings (SSSR count). The molecule has 0 saturated heterocycles. The maximum absolute atomic E-state index is 10.7. The molecule has 1 heterocycles. The Morgan fingerprint density at radius 1 is 1.25 bits per heavy atom. The first kappa shape index (κ1) is 14.2. The quantitative estimate of drug-likeness (QED) is 0.894. The van der Waals surface area contributed by atoms with E-state index in [1.165, 1.54) is 5.56 Å². The average Bonchev–Trinajstić information content (AvgIpc) is 2.43. The number of hydrogen-bond donors (Lipinski definition) is 2. The molecular formula is C16H18N2O2. The first-order valence-corrected chi connectivity index (χ1v) is 6.49. The van der Waals surface area contributed by atoms with Crippen LogP contribution in [0.2, 0.25) is 0 Å². The number of carbonyl (C=O) groups is 1. The molecule has 0 aliphatic carbocycles. The Morgan fingerprint density at radius 3 is 2.50 bits per heavy atom. The molecule has 3 N–H and O–H groups in total. The summed E-state index contributed by atoms with van der Waals surface area (Å²) in [6, 6.07) is 8.85. The minimum atomic E-state index is -0.981. The minimum Gasteiger partial charge on any atom is -0.480 e. The molecule has 0 aliphatic rings. The van der Waals surface area contributed by atoms with Gasteiger partial charge in [-0.05, 0) is 43.0 Å². The SMILES string of the molecule is Cc1ccnc(-c2ccc(CC(N)C(=O)O)cc2)c1C. The van der Waals surface area contributed by atoms with Gasteiger partial charge >= 0.3 is 5.97 Å². The number of aryl methyl sites for hydroxylation is 1. The maximum Gasteiger partial charge on any atom is 0.320 e. The summed E-state index contributed by atoms with van der Waals surface area (Å²) in [5, 5.41) is 8.81. The smallest absolute Gasteiger partial charge is 0.320 e. The van der Waals surface area contributed by atoms with E-state index < -0.39 is 12.0 Å². The second-order valence-electron chi connectivity index (χ2n) is 4.95. The van der Waals surface area contributed by atoms with E-state index in [4.69, 9.17) is 10.8 Å². The Balaban J connectivity index is 2.24. The Bertz CT molecular complexity index is 621. The van der Waals surface area contributed by atoms with Gasteiger partial charge in [-0.2, -0.15) is 0 Å². The van der Waals surface area contributed by atoms with Crippen molar-refractivity contribution in [3.63, 3.8) is 0 Å². The Morgan fingerprint density at radius 2 is 1.90 bits per heavy atom. The van der Waals surface area contributed by atoms with E-state index >= 15 is 0 Å². The zero-order chi connectivity index (χ0) is 14.7. The zero-order valence-electron chi connectivity index (χ0n) is 11.6. The van der Waals surface area contributed by atoms with Crippen LogP contribution < -0.4 is 5.73 Å². The molecule has 2 aromatic rings. The normalized spacial score (nSPS) is 12.2.